The predicted molar refractivity (Wildman–Crippen MR) is 91.7 cm³/mol. The van der Waals surface area contributed by atoms with Gasteiger partial charge in [0.2, 0.25) is 11.3 Å². The number of aromatic nitrogens is 4. The molecule has 2 N–H and O–H groups in total. The molecule has 7 nitrogen and oxygen atoms in total. The van der Waals surface area contributed by atoms with E-state index in [1.807, 2.05) is 0 Å². The molecule has 0 fully saturated rings. The molecule has 0 saturated carbocycles. The first-order valence-corrected chi connectivity index (χ1v) is 7.82. The molecule has 0 atom stereocenters. The summed E-state index contributed by atoms with van der Waals surface area (Å²) in [6, 6.07) is 6.94. The van der Waals surface area contributed by atoms with Crippen LogP contribution in [-0.2, 0) is 0 Å². The standard InChI is InChI=1S/C16H8ClF3N6O/c17-7-1-3-11(9(19)5-7)21-13-14(24-16-15(23-13)25-27-26-16)22-12-4-2-8(18)6-10(12)20/h1-6H,(H,21,23,25)(H,22,24,26). The number of fused-ring (bicyclic) bond motifs is 1. The van der Waals surface area contributed by atoms with Gasteiger partial charge in [-0.15, -0.1) is 0 Å². The lowest BCUT2D eigenvalue weighted by Crippen LogP contribution is -2.05. The van der Waals surface area contributed by atoms with E-state index < -0.39 is 17.5 Å². The number of hydrogen-bond acceptors (Lipinski definition) is 7. The monoisotopic (exact) mass is 392 g/mol. The van der Waals surface area contributed by atoms with Crippen LogP contribution in [0, 0.1) is 17.5 Å². The maximum absolute atomic E-state index is 14.1. The van der Waals surface area contributed by atoms with Crippen LogP contribution in [0.15, 0.2) is 41.0 Å². The quantitative estimate of drug-likeness (QED) is 0.525. The molecule has 0 amide bonds. The van der Waals surface area contributed by atoms with Crippen molar-refractivity contribution < 1.29 is 17.8 Å². The van der Waals surface area contributed by atoms with Crippen molar-refractivity contribution >= 4 is 45.9 Å². The third kappa shape index (κ3) is 3.47. The van der Waals surface area contributed by atoms with Gasteiger partial charge in [0, 0.05) is 11.1 Å². The van der Waals surface area contributed by atoms with E-state index in [9.17, 15) is 13.2 Å². The molecular formula is C16H8ClF3N6O. The van der Waals surface area contributed by atoms with Crippen molar-refractivity contribution in [1.29, 1.82) is 0 Å². The van der Waals surface area contributed by atoms with Gasteiger partial charge in [-0.3, -0.25) is 0 Å². The average Bonchev–Trinajstić information content (AvgIpc) is 3.07. The Morgan fingerprint density at radius 2 is 1.33 bits per heavy atom. The summed E-state index contributed by atoms with van der Waals surface area (Å²) in [6.07, 6.45) is 0. The maximum atomic E-state index is 14.1. The Hall–Kier alpha value is -3.40. The molecule has 0 aliphatic rings. The molecule has 11 heteroatoms. The second-order valence-electron chi connectivity index (χ2n) is 5.33. The van der Waals surface area contributed by atoms with Crippen LogP contribution in [0.2, 0.25) is 5.02 Å². The van der Waals surface area contributed by atoms with Gasteiger partial charge in [-0.2, -0.15) is 0 Å². The fourth-order valence-corrected chi connectivity index (χ4v) is 2.41. The van der Waals surface area contributed by atoms with Gasteiger partial charge in [-0.1, -0.05) is 11.6 Å². The lowest BCUT2D eigenvalue weighted by Gasteiger charge is -2.13. The smallest absolute Gasteiger partial charge is 0.245 e. The highest BCUT2D eigenvalue weighted by atomic mass is 35.5. The summed E-state index contributed by atoms with van der Waals surface area (Å²) in [5, 5.41) is 12.7. The van der Waals surface area contributed by atoms with Gasteiger partial charge in [0.05, 0.1) is 11.4 Å². The number of hydrogen-bond donors (Lipinski definition) is 2. The molecule has 0 unspecified atom stereocenters. The van der Waals surface area contributed by atoms with Crippen molar-refractivity contribution in [2.45, 2.75) is 0 Å². The zero-order valence-electron chi connectivity index (χ0n) is 13.2. The van der Waals surface area contributed by atoms with Crippen molar-refractivity contribution in [3.8, 4) is 0 Å². The Kier molecular flexibility index (Phi) is 4.24. The van der Waals surface area contributed by atoms with E-state index in [4.69, 9.17) is 11.6 Å². The number of halogens is 4. The van der Waals surface area contributed by atoms with E-state index in [0.717, 1.165) is 12.1 Å². The number of anilines is 4. The van der Waals surface area contributed by atoms with Crippen LogP contribution in [0.25, 0.3) is 11.3 Å². The van der Waals surface area contributed by atoms with Crippen LogP contribution >= 0.6 is 11.6 Å². The Morgan fingerprint density at radius 1 is 0.778 bits per heavy atom. The van der Waals surface area contributed by atoms with Crippen LogP contribution in [0.4, 0.5) is 36.2 Å². The maximum Gasteiger partial charge on any atom is 0.245 e. The number of nitrogens with one attached hydrogen (secondary N) is 2. The third-order valence-corrected chi connectivity index (χ3v) is 3.72. The Balaban J connectivity index is 1.77. The van der Waals surface area contributed by atoms with Crippen LogP contribution in [-0.4, -0.2) is 20.3 Å². The van der Waals surface area contributed by atoms with Gasteiger partial charge in [0.1, 0.15) is 17.5 Å². The fourth-order valence-electron chi connectivity index (χ4n) is 2.25. The van der Waals surface area contributed by atoms with Crippen molar-refractivity contribution in [1.82, 2.24) is 20.3 Å². The van der Waals surface area contributed by atoms with E-state index in [-0.39, 0.29) is 39.3 Å². The van der Waals surface area contributed by atoms with Gasteiger partial charge < -0.3 is 10.6 Å². The zero-order chi connectivity index (χ0) is 19.0. The SMILES string of the molecule is Fc1ccc(Nc2nc3nonc3nc2Nc2ccc(Cl)cc2F)c(F)c1. The van der Waals surface area contributed by atoms with E-state index >= 15 is 0 Å². The van der Waals surface area contributed by atoms with E-state index in [0.29, 0.717) is 6.07 Å². The number of rotatable bonds is 4. The van der Waals surface area contributed by atoms with Gasteiger partial charge in [0.15, 0.2) is 11.6 Å². The van der Waals surface area contributed by atoms with Crippen molar-refractivity contribution in [2.75, 3.05) is 10.6 Å². The normalized spacial score (nSPS) is 11.0. The minimum atomic E-state index is -0.848. The van der Waals surface area contributed by atoms with Crippen LogP contribution < -0.4 is 10.6 Å². The molecule has 0 aliphatic heterocycles. The lowest BCUT2D eigenvalue weighted by atomic mass is 10.3. The molecule has 2 heterocycles. The highest BCUT2D eigenvalue weighted by molar-refractivity contribution is 6.30. The van der Waals surface area contributed by atoms with Crippen LogP contribution in [0.3, 0.4) is 0 Å². The van der Waals surface area contributed by atoms with E-state index in [1.165, 1.54) is 18.2 Å². The first-order chi connectivity index (χ1) is 13.0. The van der Waals surface area contributed by atoms with Gasteiger partial charge >= 0.3 is 0 Å². The largest absolute Gasteiger partial charge is 0.335 e. The highest BCUT2D eigenvalue weighted by Gasteiger charge is 2.16. The topological polar surface area (TPSA) is 88.8 Å². The summed E-state index contributed by atoms with van der Waals surface area (Å²) in [5.74, 6) is -2.21. The van der Waals surface area contributed by atoms with Crippen molar-refractivity contribution in [3.05, 3.63) is 58.9 Å². The van der Waals surface area contributed by atoms with E-state index in [2.05, 4.69) is 35.5 Å². The van der Waals surface area contributed by atoms with Crippen molar-refractivity contribution in [3.63, 3.8) is 0 Å². The third-order valence-electron chi connectivity index (χ3n) is 3.48. The second-order valence-corrected chi connectivity index (χ2v) is 5.77. The Morgan fingerprint density at radius 3 is 1.89 bits per heavy atom. The average molecular weight is 393 g/mol. The molecule has 27 heavy (non-hydrogen) atoms. The summed E-state index contributed by atoms with van der Waals surface area (Å²) < 4.78 is 45.7. The summed E-state index contributed by atoms with van der Waals surface area (Å²) in [5.41, 5.74) is 0.0763. The molecule has 4 aromatic rings. The van der Waals surface area contributed by atoms with Crippen LogP contribution in [0.5, 0.6) is 0 Å². The fraction of sp³-hybridized carbons (Fsp3) is 0. The molecule has 0 spiro atoms. The summed E-state index contributed by atoms with van der Waals surface area (Å²) in [6.45, 7) is 0. The van der Waals surface area contributed by atoms with E-state index in [1.54, 1.807) is 0 Å². The van der Waals surface area contributed by atoms with Crippen molar-refractivity contribution in [2.24, 2.45) is 0 Å². The zero-order valence-corrected chi connectivity index (χ0v) is 13.9. The van der Waals surface area contributed by atoms with Crippen LogP contribution in [0.1, 0.15) is 0 Å². The molecule has 136 valence electrons. The number of nitrogens with zero attached hydrogens (tertiary/aromatic N) is 4. The summed E-state index contributed by atoms with van der Waals surface area (Å²) in [4.78, 5) is 8.26. The molecule has 2 aromatic heterocycles. The molecule has 0 aliphatic carbocycles. The van der Waals surface area contributed by atoms with Gasteiger partial charge in [0.25, 0.3) is 0 Å². The Labute approximate surface area is 154 Å². The molecule has 0 bridgehead atoms. The Bertz CT molecular complexity index is 1060. The predicted octanol–water partition coefficient (Wildman–Crippen LogP) is 4.57. The molecule has 4 rings (SSSR count). The minimum Gasteiger partial charge on any atom is -0.335 e. The number of benzene rings is 2. The summed E-state index contributed by atoms with van der Waals surface area (Å²) >= 11 is 5.74. The molecule has 0 saturated heterocycles. The summed E-state index contributed by atoms with van der Waals surface area (Å²) in [7, 11) is 0. The molecule has 0 radical (unpaired) electrons. The minimum absolute atomic E-state index is 0.00180. The lowest BCUT2D eigenvalue weighted by molar-refractivity contribution is 0.314. The first-order valence-electron chi connectivity index (χ1n) is 7.44. The van der Waals surface area contributed by atoms with Gasteiger partial charge in [-0.25, -0.2) is 27.8 Å². The van der Waals surface area contributed by atoms with Gasteiger partial charge in [-0.05, 0) is 40.6 Å². The second kappa shape index (κ2) is 6.72. The first kappa shape index (κ1) is 17.0. The highest BCUT2D eigenvalue weighted by Crippen LogP contribution is 2.29. The molecular weight excluding hydrogens is 385 g/mol. The molecule has 2 aromatic carbocycles.